The largest absolute Gasteiger partial charge is 0.381 e. The topological polar surface area (TPSA) is 56.2 Å². The minimum atomic E-state index is 0.0766. The average Bonchev–Trinajstić information content (AvgIpc) is 3.04. The van der Waals surface area contributed by atoms with Gasteiger partial charge >= 0.3 is 0 Å². The number of hydrogen-bond acceptors (Lipinski definition) is 3. The zero-order valence-electron chi connectivity index (χ0n) is 10.7. The Bertz CT molecular complexity index is 347. The molecule has 5 nitrogen and oxygen atoms in total. The van der Waals surface area contributed by atoms with Crippen LogP contribution in [-0.4, -0.2) is 35.4 Å². The molecule has 1 fully saturated rings. The van der Waals surface area contributed by atoms with Gasteiger partial charge in [-0.05, 0) is 31.2 Å². The van der Waals surface area contributed by atoms with Crippen LogP contribution in [0.1, 0.15) is 25.7 Å². The number of amides is 1. The minimum Gasteiger partial charge on any atom is -0.381 e. The molecule has 1 saturated carbocycles. The predicted molar refractivity (Wildman–Crippen MR) is 68.0 cm³/mol. The minimum absolute atomic E-state index is 0.0766. The summed E-state index contributed by atoms with van der Waals surface area (Å²) in [4.78, 5) is 11.5. The fourth-order valence-electron chi connectivity index (χ4n) is 1.67. The van der Waals surface area contributed by atoms with Gasteiger partial charge in [0.25, 0.3) is 0 Å². The number of aromatic nitrogens is 2. The van der Waals surface area contributed by atoms with Gasteiger partial charge in [-0.1, -0.05) is 0 Å². The monoisotopic (exact) mass is 251 g/mol. The van der Waals surface area contributed by atoms with Crippen molar-refractivity contribution in [2.75, 3.05) is 19.8 Å². The number of rotatable bonds is 9. The third-order valence-electron chi connectivity index (χ3n) is 2.97. The van der Waals surface area contributed by atoms with Crippen LogP contribution in [0.4, 0.5) is 0 Å². The number of ether oxygens (including phenoxy) is 1. The molecule has 1 aliphatic rings. The maximum absolute atomic E-state index is 11.5. The Labute approximate surface area is 108 Å². The molecule has 0 spiro atoms. The van der Waals surface area contributed by atoms with Crippen molar-refractivity contribution in [1.29, 1.82) is 0 Å². The molecule has 1 aliphatic carbocycles. The Kier molecular flexibility index (Phi) is 5.20. The van der Waals surface area contributed by atoms with Crippen molar-refractivity contribution >= 4 is 5.91 Å². The highest BCUT2D eigenvalue weighted by Gasteiger charge is 2.20. The summed E-state index contributed by atoms with van der Waals surface area (Å²) in [6, 6.07) is 1.86. The molecule has 1 heterocycles. The van der Waals surface area contributed by atoms with Crippen LogP contribution in [-0.2, 0) is 16.1 Å². The summed E-state index contributed by atoms with van der Waals surface area (Å²) < 4.78 is 7.26. The summed E-state index contributed by atoms with van der Waals surface area (Å²) in [5, 5.41) is 6.94. The van der Waals surface area contributed by atoms with Gasteiger partial charge in [-0.25, -0.2) is 0 Å². The first-order valence-electron chi connectivity index (χ1n) is 6.66. The van der Waals surface area contributed by atoms with E-state index < -0.39 is 0 Å². The van der Waals surface area contributed by atoms with Gasteiger partial charge in [0.1, 0.15) is 0 Å². The molecule has 100 valence electrons. The van der Waals surface area contributed by atoms with Gasteiger partial charge in [0.2, 0.25) is 5.91 Å². The maximum atomic E-state index is 11.5. The second-order valence-corrected chi connectivity index (χ2v) is 4.74. The van der Waals surface area contributed by atoms with Crippen LogP contribution in [0.5, 0.6) is 0 Å². The van der Waals surface area contributed by atoms with Gasteiger partial charge in [0, 0.05) is 45.1 Å². The first-order chi connectivity index (χ1) is 8.84. The zero-order chi connectivity index (χ0) is 12.6. The molecular weight excluding hydrogens is 230 g/mol. The molecule has 2 rings (SSSR count). The first-order valence-corrected chi connectivity index (χ1v) is 6.66. The highest BCUT2D eigenvalue weighted by molar-refractivity contribution is 5.75. The lowest BCUT2D eigenvalue weighted by Gasteiger charge is -2.06. The predicted octanol–water partition coefficient (Wildman–Crippen LogP) is 1.21. The zero-order valence-corrected chi connectivity index (χ0v) is 10.7. The SMILES string of the molecule is O=C(CCn1cccn1)NCCCOCC1CC1. The van der Waals surface area contributed by atoms with Crippen molar-refractivity contribution in [1.82, 2.24) is 15.1 Å². The van der Waals surface area contributed by atoms with E-state index in [-0.39, 0.29) is 5.91 Å². The first kappa shape index (κ1) is 13.1. The Morgan fingerprint density at radius 1 is 1.50 bits per heavy atom. The standard InChI is InChI=1S/C13H21N3O2/c17-13(5-9-16-8-1-7-15-16)14-6-2-10-18-11-12-3-4-12/h1,7-8,12H,2-6,9-11H2,(H,14,17). The fraction of sp³-hybridized carbons (Fsp3) is 0.692. The average molecular weight is 251 g/mol. The van der Waals surface area contributed by atoms with Gasteiger partial charge in [0.05, 0.1) is 0 Å². The second-order valence-electron chi connectivity index (χ2n) is 4.74. The van der Waals surface area contributed by atoms with Crippen LogP contribution in [0.3, 0.4) is 0 Å². The molecule has 5 heteroatoms. The molecule has 18 heavy (non-hydrogen) atoms. The van der Waals surface area contributed by atoms with E-state index in [4.69, 9.17) is 4.74 Å². The Hall–Kier alpha value is -1.36. The number of hydrogen-bond donors (Lipinski definition) is 1. The smallest absolute Gasteiger partial charge is 0.221 e. The van der Waals surface area contributed by atoms with Crippen molar-refractivity contribution in [3.8, 4) is 0 Å². The molecule has 1 aromatic rings. The summed E-state index contributed by atoms with van der Waals surface area (Å²) in [6.45, 7) is 2.98. The van der Waals surface area contributed by atoms with Crippen molar-refractivity contribution < 1.29 is 9.53 Å². The van der Waals surface area contributed by atoms with E-state index in [0.717, 1.165) is 25.6 Å². The van der Waals surface area contributed by atoms with Gasteiger partial charge in [-0.2, -0.15) is 5.10 Å². The number of carbonyl (C=O) groups excluding carboxylic acids is 1. The van der Waals surface area contributed by atoms with E-state index in [1.807, 2.05) is 12.3 Å². The molecular formula is C13H21N3O2. The van der Waals surface area contributed by atoms with Crippen molar-refractivity contribution in [2.45, 2.75) is 32.2 Å². The van der Waals surface area contributed by atoms with E-state index in [2.05, 4.69) is 10.4 Å². The Balaban J connectivity index is 1.41. The van der Waals surface area contributed by atoms with E-state index in [1.165, 1.54) is 12.8 Å². The van der Waals surface area contributed by atoms with Gasteiger partial charge in [-0.3, -0.25) is 9.48 Å². The molecule has 0 bridgehead atoms. The normalized spacial score (nSPS) is 14.7. The van der Waals surface area contributed by atoms with Crippen LogP contribution in [0.15, 0.2) is 18.5 Å². The van der Waals surface area contributed by atoms with Gasteiger partial charge in [0.15, 0.2) is 0 Å². The third kappa shape index (κ3) is 5.31. The second kappa shape index (κ2) is 7.16. The summed E-state index contributed by atoms with van der Waals surface area (Å²) in [5.41, 5.74) is 0. The van der Waals surface area contributed by atoms with Crippen LogP contribution in [0.25, 0.3) is 0 Å². The Morgan fingerprint density at radius 3 is 3.11 bits per heavy atom. The molecule has 0 aliphatic heterocycles. The van der Waals surface area contributed by atoms with E-state index in [1.54, 1.807) is 10.9 Å². The van der Waals surface area contributed by atoms with E-state index in [9.17, 15) is 4.79 Å². The highest BCUT2D eigenvalue weighted by Crippen LogP contribution is 2.28. The summed E-state index contributed by atoms with van der Waals surface area (Å²) in [7, 11) is 0. The van der Waals surface area contributed by atoms with Crippen LogP contribution >= 0.6 is 0 Å². The summed E-state index contributed by atoms with van der Waals surface area (Å²) >= 11 is 0. The third-order valence-corrected chi connectivity index (χ3v) is 2.97. The van der Waals surface area contributed by atoms with Crippen LogP contribution < -0.4 is 5.32 Å². The molecule has 1 amide bonds. The van der Waals surface area contributed by atoms with Gasteiger partial charge in [-0.15, -0.1) is 0 Å². The number of aryl methyl sites for hydroxylation is 1. The van der Waals surface area contributed by atoms with Crippen LogP contribution in [0, 0.1) is 5.92 Å². The Morgan fingerprint density at radius 2 is 2.39 bits per heavy atom. The van der Waals surface area contributed by atoms with Crippen molar-refractivity contribution in [3.63, 3.8) is 0 Å². The molecule has 0 unspecified atom stereocenters. The lowest BCUT2D eigenvalue weighted by Crippen LogP contribution is -2.26. The molecule has 1 N–H and O–H groups in total. The number of nitrogens with one attached hydrogen (secondary N) is 1. The van der Waals surface area contributed by atoms with Crippen LogP contribution in [0.2, 0.25) is 0 Å². The summed E-state index contributed by atoms with van der Waals surface area (Å²) in [5.74, 6) is 0.890. The van der Waals surface area contributed by atoms with E-state index >= 15 is 0 Å². The summed E-state index contributed by atoms with van der Waals surface area (Å²) in [6.07, 6.45) is 7.59. The molecule has 1 aromatic heterocycles. The molecule has 0 atom stereocenters. The number of nitrogens with zero attached hydrogens (tertiary/aromatic N) is 2. The van der Waals surface area contributed by atoms with Crippen molar-refractivity contribution in [2.24, 2.45) is 5.92 Å². The molecule has 0 aromatic carbocycles. The fourth-order valence-corrected chi connectivity index (χ4v) is 1.67. The lowest BCUT2D eigenvalue weighted by molar-refractivity contribution is -0.121. The molecule has 0 radical (unpaired) electrons. The number of carbonyl (C=O) groups is 1. The van der Waals surface area contributed by atoms with Gasteiger partial charge < -0.3 is 10.1 Å². The quantitative estimate of drug-likeness (QED) is 0.671. The van der Waals surface area contributed by atoms with Crippen molar-refractivity contribution in [3.05, 3.63) is 18.5 Å². The molecule has 0 saturated heterocycles. The maximum Gasteiger partial charge on any atom is 0.221 e. The highest BCUT2D eigenvalue weighted by atomic mass is 16.5. The lowest BCUT2D eigenvalue weighted by atomic mass is 10.3. The van der Waals surface area contributed by atoms with E-state index in [0.29, 0.717) is 19.5 Å².